The summed E-state index contributed by atoms with van der Waals surface area (Å²) in [6.45, 7) is 12.1. The summed E-state index contributed by atoms with van der Waals surface area (Å²) in [4.78, 5) is 12.8. The third kappa shape index (κ3) is 4.97. The number of thiazole rings is 1. The van der Waals surface area contributed by atoms with Gasteiger partial charge in [0.15, 0.2) is 0 Å². The summed E-state index contributed by atoms with van der Waals surface area (Å²) in [6, 6.07) is 17.5. The number of hydrogen-bond donors (Lipinski definition) is 1. The topological polar surface area (TPSA) is 42.2 Å². The van der Waals surface area contributed by atoms with Gasteiger partial charge in [-0.3, -0.25) is 9.36 Å². The lowest BCUT2D eigenvalue weighted by Crippen LogP contribution is -2.31. The van der Waals surface area contributed by atoms with Gasteiger partial charge >= 0.3 is 0 Å². The second-order valence-electron chi connectivity index (χ2n) is 7.13. The van der Waals surface area contributed by atoms with E-state index in [-0.39, 0.29) is 11.3 Å². The highest BCUT2D eigenvalue weighted by molar-refractivity contribution is 7.07. The maximum absolute atomic E-state index is 12.8. The zero-order valence-corrected chi connectivity index (χ0v) is 18.1. The van der Waals surface area contributed by atoms with Gasteiger partial charge < -0.3 is 5.11 Å². The summed E-state index contributed by atoms with van der Waals surface area (Å²) < 4.78 is 3.12. The Bertz CT molecular complexity index is 1290. The molecule has 152 valence electrons. The first kappa shape index (κ1) is 21.3. The van der Waals surface area contributed by atoms with Crippen LogP contribution in [0.5, 0.6) is 0 Å². The van der Waals surface area contributed by atoms with E-state index in [2.05, 4.69) is 13.2 Å². The molecule has 0 unspecified atom stereocenters. The number of aromatic nitrogens is 1. The molecule has 0 saturated heterocycles. The Hall–Kier alpha value is -3.37. The molecule has 0 aliphatic heterocycles. The smallest absolute Gasteiger partial charge is 0.269 e. The molecule has 4 heteroatoms. The van der Waals surface area contributed by atoms with Gasteiger partial charge in [0.1, 0.15) is 5.76 Å². The van der Waals surface area contributed by atoms with E-state index in [0.717, 1.165) is 26.9 Å². The predicted molar refractivity (Wildman–Crippen MR) is 129 cm³/mol. The van der Waals surface area contributed by atoms with Gasteiger partial charge in [-0.25, -0.2) is 0 Å². The Kier molecular flexibility index (Phi) is 6.70. The first-order chi connectivity index (χ1) is 14.4. The van der Waals surface area contributed by atoms with Crippen molar-refractivity contribution in [2.45, 2.75) is 20.4 Å². The fourth-order valence-electron chi connectivity index (χ4n) is 3.17. The number of aliphatic hydroxyl groups is 1. The highest BCUT2D eigenvalue weighted by Crippen LogP contribution is 2.23. The number of allylic oxidation sites excluding steroid dienone is 4. The minimum Gasteiger partial charge on any atom is -0.508 e. The normalized spacial score (nSPS) is 12.9. The zero-order valence-electron chi connectivity index (χ0n) is 17.3. The number of nitrogens with zero attached hydrogens (tertiary/aromatic N) is 1. The highest BCUT2D eigenvalue weighted by atomic mass is 32.1. The number of hydrogen-bond acceptors (Lipinski definition) is 3. The van der Waals surface area contributed by atoms with Gasteiger partial charge in [0.2, 0.25) is 0 Å². The fourth-order valence-corrected chi connectivity index (χ4v) is 4.12. The summed E-state index contributed by atoms with van der Waals surface area (Å²) in [5.74, 6) is 0.0474. The molecule has 0 aliphatic rings. The summed E-state index contributed by atoms with van der Waals surface area (Å²) >= 11 is 1.40. The molecule has 0 fully saturated rings. The number of rotatable bonds is 6. The minimum atomic E-state index is -0.0239. The Labute approximate surface area is 180 Å². The Morgan fingerprint density at radius 2 is 1.67 bits per heavy atom. The third-order valence-corrected chi connectivity index (χ3v) is 5.75. The molecule has 0 aliphatic carbocycles. The van der Waals surface area contributed by atoms with Crippen molar-refractivity contribution in [1.29, 1.82) is 0 Å². The molecule has 2 aromatic carbocycles. The van der Waals surface area contributed by atoms with E-state index in [4.69, 9.17) is 0 Å². The van der Waals surface area contributed by atoms with Crippen molar-refractivity contribution in [2.75, 3.05) is 0 Å². The van der Waals surface area contributed by atoms with Crippen LogP contribution < -0.4 is 14.8 Å². The van der Waals surface area contributed by atoms with Crippen LogP contribution in [-0.2, 0) is 6.54 Å². The molecule has 0 saturated carbocycles. The van der Waals surface area contributed by atoms with Crippen LogP contribution in [0, 0.1) is 0 Å². The van der Waals surface area contributed by atoms with Crippen LogP contribution in [-0.4, -0.2) is 9.67 Å². The standard InChI is InChI=1S/C26H25NO2S/c1-18(14-15-19(2)23-12-8-9-13-24(23)20(3)28)16-25-26(29)27(21(4)30-25)17-22-10-6-5-7-11-22/h5-16,28H,3-4,17H2,1-2H3/b18-14+,19-15+,25-16+. The van der Waals surface area contributed by atoms with Gasteiger partial charge in [0.05, 0.1) is 15.7 Å². The van der Waals surface area contributed by atoms with Crippen molar-refractivity contribution in [3.05, 3.63) is 115 Å². The van der Waals surface area contributed by atoms with Gasteiger partial charge in [0, 0.05) is 5.56 Å². The van der Waals surface area contributed by atoms with Gasteiger partial charge in [-0.05, 0) is 42.2 Å². The summed E-state index contributed by atoms with van der Waals surface area (Å²) in [7, 11) is 0. The second-order valence-corrected chi connectivity index (χ2v) is 8.25. The number of aliphatic hydroxyl groups excluding tert-OH is 1. The average molecular weight is 416 g/mol. The molecule has 1 aromatic heterocycles. The van der Waals surface area contributed by atoms with E-state index in [9.17, 15) is 9.90 Å². The maximum Gasteiger partial charge on any atom is 0.269 e. The average Bonchev–Trinajstić information content (AvgIpc) is 3.00. The van der Waals surface area contributed by atoms with Crippen molar-refractivity contribution in [2.24, 2.45) is 0 Å². The van der Waals surface area contributed by atoms with E-state index in [1.54, 1.807) is 4.57 Å². The van der Waals surface area contributed by atoms with Crippen LogP contribution in [0.15, 0.2) is 83.7 Å². The lowest BCUT2D eigenvalue weighted by molar-refractivity contribution is 0.513. The quantitative estimate of drug-likeness (QED) is 0.467. The molecule has 3 aromatic rings. The molecule has 30 heavy (non-hydrogen) atoms. The Balaban J connectivity index is 1.91. The monoisotopic (exact) mass is 415 g/mol. The van der Waals surface area contributed by atoms with E-state index in [0.29, 0.717) is 16.6 Å². The van der Waals surface area contributed by atoms with E-state index >= 15 is 0 Å². The maximum atomic E-state index is 12.8. The molecule has 0 atom stereocenters. The van der Waals surface area contributed by atoms with Crippen LogP contribution in [0.1, 0.15) is 30.5 Å². The van der Waals surface area contributed by atoms with Crippen LogP contribution in [0.25, 0.3) is 24.0 Å². The van der Waals surface area contributed by atoms with Gasteiger partial charge in [0.25, 0.3) is 5.56 Å². The van der Waals surface area contributed by atoms with Crippen molar-refractivity contribution in [1.82, 2.24) is 4.57 Å². The molecule has 0 amide bonds. The van der Waals surface area contributed by atoms with E-state index < -0.39 is 0 Å². The van der Waals surface area contributed by atoms with Crippen molar-refractivity contribution in [3.8, 4) is 0 Å². The molecule has 3 rings (SSSR count). The lowest BCUT2D eigenvalue weighted by Gasteiger charge is -2.08. The van der Waals surface area contributed by atoms with Crippen LogP contribution in [0.2, 0.25) is 0 Å². The molecule has 0 spiro atoms. The summed E-state index contributed by atoms with van der Waals surface area (Å²) in [5, 5.41) is 9.81. The first-order valence-electron chi connectivity index (χ1n) is 9.64. The summed E-state index contributed by atoms with van der Waals surface area (Å²) in [5.41, 5.74) is 4.65. The highest BCUT2D eigenvalue weighted by Gasteiger charge is 2.06. The Morgan fingerprint density at radius 1 is 1.03 bits per heavy atom. The van der Waals surface area contributed by atoms with Crippen LogP contribution in [0.3, 0.4) is 0 Å². The zero-order chi connectivity index (χ0) is 21.7. The molecule has 1 N–H and O–H groups in total. The predicted octanol–water partition coefficient (Wildman–Crippen LogP) is 4.73. The molecule has 0 bridgehead atoms. The molecule has 3 nitrogen and oxygen atoms in total. The van der Waals surface area contributed by atoms with E-state index in [1.807, 2.05) is 86.7 Å². The Morgan fingerprint density at radius 3 is 2.33 bits per heavy atom. The molecule has 1 heterocycles. The minimum absolute atomic E-state index is 0.0239. The summed E-state index contributed by atoms with van der Waals surface area (Å²) in [6.07, 6.45) is 5.84. The van der Waals surface area contributed by atoms with Crippen LogP contribution in [0.4, 0.5) is 0 Å². The van der Waals surface area contributed by atoms with Crippen molar-refractivity contribution < 1.29 is 5.11 Å². The van der Waals surface area contributed by atoms with Gasteiger partial charge in [-0.15, -0.1) is 11.3 Å². The lowest BCUT2D eigenvalue weighted by atomic mass is 9.99. The molecular formula is C26H25NO2S. The SMILES string of the molecule is C=C(O)c1ccccc1/C(C)=C/C=C(C)/C=c1/sc(=C)n(Cc2ccccc2)c1=O. The third-order valence-electron chi connectivity index (χ3n) is 4.79. The van der Waals surface area contributed by atoms with Crippen LogP contribution >= 0.6 is 11.3 Å². The largest absolute Gasteiger partial charge is 0.508 e. The second kappa shape index (κ2) is 9.42. The van der Waals surface area contributed by atoms with Crippen molar-refractivity contribution in [3.63, 3.8) is 0 Å². The van der Waals surface area contributed by atoms with E-state index in [1.165, 1.54) is 11.3 Å². The number of benzene rings is 2. The van der Waals surface area contributed by atoms with Crippen molar-refractivity contribution >= 4 is 35.3 Å². The fraction of sp³-hybridized carbons (Fsp3) is 0.115. The van der Waals surface area contributed by atoms with Gasteiger partial charge in [-0.2, -0.15) is 0 Å². The first-order valence-corrected chi connectivity index (χ1v) is 10.5. The molecule has 0 radical (unpaired) electrons. The molecular weight excluding hydrogens is 390 g/mol. The van der Waals surface area contributed by atoms with Gasteiger partial charge in [-0.1, -0.05) is 79.9 Å².